The molecular weight excluding hydrogens is 1230 g/mol. The van der Waals surface area contributed by atoms with Crippen molar-refractivity contribution < 1.29 is 128 Å². The third kappa shape index (κ3) is 37.6. The molecular formula is C44H51Cu2F9N8O12S3. The van der Waals surface area contributed by atoms with Crippen LogP contribution in [0.4, 0.5) is 39.5 Å². The first-order valence-electron chi connectivity index (χ1n) is 20.9. The Bertz CT molecular complexity index is 2330. The number of aromatic nitrogens is 6. The van der Waals surface area contributed by atoms with Crippen molar-refractivity contribution in [1.29, 1.82) is 0 Å². The molecule has 0 saturated carbocycles. The van der Waals surface area contributed by atoms with Crippen LogP contribution in [0.15, 0.2) is 146 Å². The minimum absolute atomic E-state index is 0. The van der Waals surface area contributed by atoms with Crippen molar-refractivity contribution in [3.05, 3.63) is 181 Å². The van der Waals surface area contributed by atoms with Crippen LogP contribution in [0.5, 0.6) is 0 Å². The number of hydrogen-bond donors (Lipinski definition) is 1. The summed E-state index contributed by atoms with van der Waals surface area (Å²) in [5.74, 6) is 0. The van der Waals surface area contributed by atoms with Gasteiger partial charge in [-0.05, 0) is 86.6 Å². The van der Waals surface area contributed by atoms with E-state index in [0.717, 1.165) is 93.8 Å². The van der Waals surface area contributed by atoms with Gasteiger partial charge in [-0.25, -0.2) is 25.3 Å². The van der Waals surface area contributed by atoms with Crippen molar-refractivity contribution >= 4 is 30.4 Å². The monoisotopic (exact) mass is 1280 g/mol. The van der Waals surface area contributed by atoms with Crippen LogP contribution < -0.4 is 0 Å². The van der Waals surface area contributed by atoms with Gasteiger partial charge in [0.05, 0.1) is 34.2 Å². The van der Waals surface area contributed by atoms with Gasteiger partial charge in [-0.1, -0.05) is 36.4 Å². The summed E-state index contributed by atoms with van der Waals surface area (Å²) < 4.78 is 182. The van der Waals surface area contributed by atoms with Gasteiger partial charge in [0.15, 0.2) is 30.4 Å². The van der Waals surface area contributed by atoms with Crippen LogP contribution in [0.2, 0.25) is 0 Å². The smallest absolute Gasteiger partial charge is 0.870 e. The van der Waals surface area contributed by atoms with E-state index in [1.54, 1.807) is 0 Å². The number of hydrogen-bond acceptors (Lipinski definition) is 20. The van der Waals surface area contributed by atoms with Gasteiger partial charge in [-0.2, -0.15) is 39.5 Å². The molecule has 0 aromatic carbocycles. The van der Waals surface area contributed by atoms with E-state index in [4.69, 9.17) is 48.8 Å². The zero-order valence-electron chi connectivity index (χ0n) is 40.8. The van der Waals surface area contributed by atoms with Crippen molar-refractivity contribution in [2.75, 3.05) is 20.3 Å². The van der Waals surface area contributed by atoms with Gasteiger partial charge >= 0.3 is 50.7 Å². The van der Waals surface area contributed by atoms with E-state index in [1.807, 2.05) is 160 Å². The van der Waals surface area contributed by atoms with Crippen molar-refractivity contribution in [1.82, 2.24) is 39.7 Å². The third-order valence-electron chi connectivity index (χ3n) is 7.93. The minimum atomic E-state index is -6.09. The van der Waals surface area contributed by atoms with Crippen LogP contribution >= 0.6 is 0 Å². The fraction of sp³-hybridized carbons (Fsp3) is 0.318. The van der Waals surface area contributed by atoms with Crippen molar-refractivity contribution in [2.24, 2.45) is 0 Å². The van der Waals surface area contributed by atoms with Crippen molar-refractivity contribution in [3.8, 4) is 0 Å². The molecule has 0 bridgehead atoms. The summed E-state index contributed by atoms with van der Waals surface area (Å²) in [5, 5.41) is 7.00. The maximum absolute atomic E-state index is 10.7. The number of halogens is 9. The maximum atomic E-state index is 10.7. The third-order valence-corrected chi connectivity index (χ3v) is 9.63. The van der Waals surface area contributed by atoms with Crippen molar-refractivity contribution in [2.45, 2.75) is 69.6 Å². The van der Waals surface area contributed by atoms with Gasteiger partial charge < -0.3 is 29.0 Å². The number of aliphatic hydroxyl groups excluding tert-OH is 1. The number of ether oxygens (including phenoxy) is 1. The summed E-state index contributed by atoms with van der Waals surface area (Å²) in [6.45, 7) is 10.3. The van der Waals surface area contributed by atoms with Gasteiger partial charge in [0, 0.05) is 96.8 Å². The molecule has 6 heterocycles. The Balaban J connectivity index is -0.000000453. The summed E-state index contributed by atoms with van der Waals surface area (Å²) in [4.78, 5) is 31.1. The quantitative estimate of drug-likeness (QED) is 0.0509. The molecule has 0 atom stereocenters. The molecule has 0 aliphatic heterocycles. The molecule has 0 aliphatic carbocycles. The molecule has 0 amide bonds. The molecule has 20 nitrogen and oxygen atoms in total. The first kappa shape index (κ1) is 79.3. The van der Waals surface area contributed by atoms with Gasteiger partial charge in [-0.3, -0.25) is 39.7 Å². The van der Waals surface area contributed by atoms with Crippen LogP contribution in [0, 0.1) is 0 Å². The summed E-state index contributed by atoms with van der Waals surface area (Å²) in [7, 11) is -17.3. The molecule has 6 aromatic heterocycles. The second-order valence-corrected chi connectivity index (χ2v) is 17.8. The van der Waals surface area contributed by atoms with Gasteiger partial charge in [0.1, 0.15) is 0 Å². The molecule has 78 heavy (non-hydrogen) atoms. The molecule has 2 N–H and O–H groups in total. The van der Waals surface area contributed by atoms with Gasteiger partial charge in [0.25, 0.3) is 0 Å². The second-order valence-electron chi connectivity index (χ2n) is 13.7. The average molecular weight is 1280 g/mol. The summed E-state index contributed by atoms with van der Waals surface area (Å²) in [6.07, 6.45) is 11.0. The number of rotatable bonds is 14. The summed E-state index contributed by atoms with van der Waals surface area (Å²) >= 11 is 0. The molecule has 6 rings (SSSR count). The fourth-order valence-corrected chi connectivity index (χ4v) is 4.86. The molecule has 0 fully saturated rings. The Morgan fingerprint density at radius 3 is 0.615 bits per heavy atom. The fourth-order valence-electron chi connectivity index (χ4n) is 4.86. The zero-order valence-corrected chi connectivity index (χ0v) is 45.1. The first-order valence-corrected chi connectivity index (χ1v) is 25.1. The maximum Gasteiger partial charge on any atom is 2.00 e. The van der Waals surface area contributed by atoms with Crippen LogP contribution in [0.1, 0.15) is 48.0 Å². The predicted molar refractivity (Wildman–Crippen MR) is 251 cm³/mol. The largest absolute Gasteiger partial charge is 2.00 e. The second kappa shape index (κ2) is 40.9. The number of aliphatic hydroxyl groups is 1. The standard InChI is InChI=1S/2C18H18N4.C4H10O.3CHF3O3S.CH4O.2Cu.H2O/c2*1-4-10-19-16(7-1)13-22(14-17-8-2-5-11-20-17)15-18-9-3-6-12-21-18;1-3-5-4-2;3*2-1(3,4)8(5,6)7;1-2;;;/h2*1-12H,13-15H2;3-4H2,1-2H3;3*(H,5,6,7);2H,1H3;;;1H2/q;;;;;;;2*+2;/p-4. The predicted octanol–water partition coefficient (Wildman–Crippen LogP) is 6.77. The first-order chi connectivity index (χ1) is 35.0. The van der Waals surface area contributed by atoms with E-state index in [2.05, 4.69) is 39.7 Å². The molecule has 2 radical (unpaired) electrons. The van der Waals surface area contributed by atoms with Gasteiger partial charge in [0.2, 0.25) is 0 Å². The van der Waals surface area contributed by atoms with Crippen LogP contribution in [0.3, 0.4) is 0 Å². The Kier molecular flexibility index (Phi) is 41.6. The molecule has 0 unspecified atom stereocenters. The molecule has 0 saturated heterocycles. The van der Waals surface area contributed by atoms with Crippen molar-refractivity contribution in [3.63, 3.8) is 0 Å². The van der Waals surface area contributed by atoms with E-state index in [9.17, 15) is 39.5 Å². The van der Waals surface area contributed by atoms with Crippen LogP contribution in [0.25, 0.3) is 0 Å². The number of pyridine rings is 6. The van der Waals surface area contributed by atoms with E-state index < -0.39 is 46.9 Å². The summed E-state index contributed by atoms with van der Waals surface area (Å²) in [5.41, 5.74) is -10.6. The molecule has 34 heteroatoms. The topological polar surface area (TPSA) is 315 Å². The zero-order chi connectivity index (χ0) is 57.2. The van der Waals surface area contributed by atoms with Crippen LogP contribution in [-0.2, 0) is 108 Å². The van der Waals surface area contributed by atoms with E-state index in [-0.39, 0.29) is 39.6 Å². The number of nitrogens with zero attached hydrogens (tertiary/aromatic N) is 8. The molecule has 0 aliphatic rings. The van der Waals surface area contributed by atoms with E-state index in [1.165, 1.54) is 0 Å². The van der Waals surface area contributed by atoms with E-state index in [0.29, 0.717) is 0 Å². The molecule has 442 valence electrons. The Morgan fingerprint density at radius 2 is 0.538 bits per heavy atom. The normalized spacial score (nSPS) is 11.0. The van der Waals surface area contributed by atoms with E-state index >= 15 is 0 Å². The average Bonchev–Trinajstić information content (AvgIpc) is 3.34. The Morgan fingerprint density at radius 1 is 0.397 bits per heavy atom. The van der Waals surface area contributed by atoms with Crippen LogP contribution in [-0.4, -0.2) is 126 Å². The number of alkyl halides is 9. The SMILES string of the molecule is CCOCC.CO.O=S(=O)([O-])C(F)(F)F.O=S(=O)([O-])C(F)(F)F.O=S(=O)([O-])C(F)(F)F.[Cu+2].[Cu+2].[OH-].c1ccc(CN(Cc2ccccn2)Cc2ccccn2)nc1.c1ccc(CN(Cc2ccccn2)Cc2ccccn2)nc1. The Labute approximate surface area is 466 Å². The van der Waals surface area contributed by atoms with Gasteiger partial charge in [-0.15, -0.1) is 0 Å². The molecule has 6 aromatic rings. The Hall–Kier alpha value is -5.16. The molecule has 0 spiro atoms. The summed E-state index contributed by atoms with van der Waals surface area (Å²) in [6, 6.07) is 36.0. The minimum Gasteiger partial charge on any atom is -0.870 e.